The van der Waals surface area contributed by atoms with Crippen LogP contribution in [0.4, 0.5) is 5.69 Å². The van der Waals surface area contributed by atoms with E-state index in [9.17, 15) is 9.90 Å². The van der Waals surface area contributed by atoms with Crippen molar-refractivity contribution in [3.05, 3.63) is 23.1 Å². The number of nitrogens with one attached hydrogen (secondary N) is 1. The van der Waals surface area contributed by atoms with E-state index in [0.717, 1.165) is 15.8 Å². The molecule has 1 heterocycles. The zero-order chi connectivity index (χ0) is 15.6. The predicted octanol–water partition coefficient (Wildman–Crippen LogP) is 2.24. The first-order valence-corrected chi connectivity index (χ1v) is 7.44. The molecule has 0 fully saturated rings. The monoisotopic (exact) mass is 308 g/mol. The quantitative estimate of drug-likeness (QED) is 0.791. The molecule has 0 radical (unpaired) electrons. The lowest BCUT2D eigenvalue weighted by molar-refractivity contribution is 0.0916. The number of ether oxygens (including phenoxy) is 1. The number of hydrogen-bond donors (Lipinski definition) is 3. The molecule has 0 saturated heterocycles. The van der Waals surface area contributed by atoms with Gasteiger partial charge in [0.15, 0.2) is 0 Å². The molecule has 2 aromatic rings. The van der Waals surface area contributed by atoms with Gasteiger partial charge in [0.2, 0.25) is 0 Å². The number of fused-ring (bicyclic) bond motifs is 1. The Balaban J connectivity index is 2.25. The average molecular weight is 308 g/mol. The van der Waals surface area contributed by atoms with Gasteiger partial charge in [-0.3, -0.25) is 4.79 Å². The zero-order valence-electron chi connectivity index (χ0n) is 12.4. The van der Waals surface area contributed by atoms with Crippen LogP contribution in [-0.2, 0) is 0 Å². The van der Waals surface area contributed by atoms with Crippen LogP contribution >= 0.6 is 11.3 Å². The lowest BCUT2D eigenvalue weighted by atomic mass is 9.95. The van der Waals surface area contributed by atoms with Crippen molar-refractivity contribution in [2.24, 2.45) is 5.41 Å². The molecule has 0 bridgehead atoms. The fraction of sp³-hybridized carbons (Fsp3) is 0.400. The summed E-state index contributed by atoms with van der Waals surface area (Å²) < 4.78 is 6.09. The van der Waals surface area contributed by atoms with Gasteiger partial charge in [0.25, 0.3) is 5.91 Å². The van der Waals surface area contributed by atoms with Gasteiger partial charge in [-0.2, -0.15) is 0 Å². The Morgan fingerprint density at radius 2 is 2.19 bits per heavy atom. The highest BCUT2D eigenvalue weighted by atomic mass is 32.1. The van der Waals surface area contributed by atoms with Crippen molar-refractivity contribution in [1.29, 1.82) is 0 Å². The minimum absolute atomic E-state index is 0.00633. The van der Waals surface area contributed by atoms with Crippen LogP contribution in [0.15, 0.2) is 18.2 Å². The molecule has 0 spiro atoms. The fourth-order valence-electron chi connectivity index (χ4n) is 1.85. The summed E-state index contributed by atoms with van der Waals surface area (Å²) in [4.78, 5) is 12.8. The number of anilines is 1. The van der Waals surface area contributed by atoms with Crippen molar-refractivity contribution in [2.75, 3.05) is 26.0 Å². The number of benzene rings is 1. The van der Waals surface area contributed by atoms with Crippen LogP contribution in [0.2, 0.25) is 0 Å². The van der Waals surface area contributed by atoms with Gasteiger partial charge in [-0.25, -0.2) is 0 Å². The number of hydrogen-bond acceptors (Lipinski definition) is 5. The SMILES string of the molecule is COc1ccc2c(N)c(C(=O)NCC(C)(C)CO)sc2c1. The highest BCUT2D eigenvalue weighted by Gasteiger charge is 2.21. The maximum atomic E-state index is 12.3. The van der Waals surface area contributed by atoms with Crippen LogP contribution in [0.25, 0.3) is 10.1 Å². The molecule has 1 aromatic carbocycles. The fourth-order valence-corrected chi connectivity index (χ4v) is 2.92. The Bertz CT molecular complexity index is 664. The van der Waals surface area contributed by atoms with Crippen LogP contribution < -0.4 is 15.8 Å². The molecule has 0 aliphatic rings. The van der Waals surface area contributed by atoms with Crippen LogP contribution in [0.3, 0.4) is 0 Å². The van der Waals surface area contributed by atoms with Crippen molar-refractivity contribution in [3.63, 3.8) is 0 Å². The van der Waals surface area contributed by atoms with E-state index in [0.29, 0.717) is 17.1 Å². The predicted molar refractivity (Wildman–Crippen MR) is 86.0 cm³/mol. The second-order valence-electron chi connectivity index (χ2n) is 5.71. The number of rotatable bonds is 5. The van der Waals surface area contributed by atoms with Crippen molar-refractivity contribution >= 4 is 33.0 Å². The summed E-state index contributed by atoms with van der Waals surface area (Å²) in [7, 11) is 1.60. The van der Waals surface area contributed by atoms with Crippen LogP contribution in [-0.4, -0.2) is 31.3 Å². The van der Waals surface area contributed by atoms with Crippen molar-refractivity contribution < 1.29 is 14.6 Å². The molecule has 114 valence electrons. The number of nitrogens with two attached hydrogens (primary N) is 1. The van der Waals surface area contributed by atoms with Crippen LogP contribution in [0.1, 0.15) is 23.5 Å². The standard InChI is InChI=1S/C15H20N2O3S/c1-15(2,8-18)7-17-14(19)13-12(16)10-5-4-9(20-3)6-11(10)21-13/h4-6,18H,7-8,16H2,1-3H3,(H,17,19). The first-order valence-electron chi connectivity index (χ1n) is 6.63. The topological polar surface area (TPSA) is 84.6 Å². The molecule has 0 saturated carbocycles. The summed E-state index contributed by atoms with van der Waals surface area (Å²) in [6, 6.07) is 5.54. The number of thiophene rings is 1. The normalized spacial score (nSPS) is 11.6. The number of aliphatic hydroxyl groups excluding tert-OH is 1. The Morgan fingerprint density at radius 1 is 1.48 bits per heavy atom. The first kappa shape index (κ1) is 15.6. The zero-order valence-corrected chi connectivity index (χ0v) is 13.2. The van der Waals surface area contributed by atoms with E-state index >= 15 is 0 Å². The largest absolute Gasteiger partial charge is 0.497 e. The van der Waals surface area contributed by atoms with Gasteiger partial charge < -0.3 is 20.9 Å². The Kier molecular flexibility index (Phi) is 4.39. The Morgan fingerprint density at radius 3 is 2.81 bits per heavy atom. The van der Waals surface area contributed by atoms with E-state index in [2.05, 4.69) is 5.32 Å². The lowest BCUT2D eigenvalue weighted by Gasteiger charge is -2.21. The highest BCUT2D eigenvalue weighted by molar-refractivity contribution is 7.21. The molecule has 0 unspecified atom stereocenters. The molecule has 0 aliphatic heterocycles. The van der Waals surface area contributed by atoms with Gasteiger partial charge in [-0.15, -0.1) is 11.3 Å². The summed E-state index contributed by atoms with van der Waals surface area (Å²) >= 11 is 1.34. The summed E-state index contributed by atoms with van der Waals surface area (Å²) in [6.07, 6.45) is 0. The summed E-state index contributed by atoms with van der Waals surface area (Å²) in [5.74, 6) is 0.520. The molecule has 6 heteroatoms. The lowest BCUT2D eigenvalue weighted by Crippen LogP contribution is -2.35. The smallest absolute Gasteiger partial charge is 0.263 e. The van der Waals surface area contributed by atoms with Crippen LogP contribution in [0.5, 0.6) is 5.75 Å². The van der Waals surface area contributed by atoms with Gasteiger partial charge in [0.05, 0.1) is 12.8 Å². The molecule has 5 nitrogen and oxygen atoms in total. The number of carbonyl (C=O) groups is 1. The van der Waals surface area contributed by atoms with E-state index < -0.39 is 0 Å². The third-order valence-corrected chi connectivity index (χ3v) is 4.46. The maximum Gasteiger partial charge on any atom is 0.263 e. The second-order valence-corrected chi connectivity index (χ2v) is 6.76. The number of methoxy groups -OCH3 is 1. The van der Waals surface area contributed by atoms with Gasteiger partial charge in [-0.05, 0) is 18.2 Å². The Labute approximate surface area is 127 Å². The minimum atomic E-state index is -0.357. The van der Waals surface area contributed by atoms with Gasteiger partial charge in [0, 0.05) is 28.7 Å². The van der Waals surface area contributed by atoms with Crippen molar-refractivity contribution in [1.82, 2.24) is 5.32 Å². The second kappa shape index (κ2) is 5.91. The molecule has 1 aromatic heterocycles. The summed E-state index contributed by atoms with van der Waals surface area (Å²) in [6.45, 7) is 4.16. The molecular weight excluding hydrogens is 288 g/mol. The molecular formula is C15H20N2O3S. The molecule has 4 N–H and O–H groups in total. The van der Waals surface area contributed by atoms with Gasteiger partial charge in [-0.1, -0.05) is 13.8 Å². The molecule has 0 aliphatic carbocycles. The number of aliphatic hydroxyl groups is 1. The van der Waals surface area contributed by atoms with E-state index in [1.54, 1.807) is 7.11 Å². The third-order valence-electron chi connectivity index (χ3n) is 3.30. The molecule has 21 heavy (non-hydrogen) atoms. The maximum absolute atomic E-state index is 12.3. The van der Waals surface area contributed by atoms with Crippen LogP contribution in [0, 0.1) is 5.41 Å². The number of amides is 1. The number of carbonyl (C=O) groups excluding carboxylic acids is 1. The van der Waals surface area contributed by atoms with Gasteiger partial charge >= 0.3 is 0 Å². The van der Waals surface area contributed by atoms with E-state index in [4.69, 9.17) is 10.5 Å². The minimum Gasteiger partial charge on any atom is -0.497 e. The molecule has 1 amide bonds. The van der Waals surface area contributed by atoms with E-state index in [1.165, 1.54) is 11.3 Å². The van der Waals surface area contributed by atoms with E-state index in [1.807, 2.05) is 32.0 Å². The average Bonchev–Trinajstić information content (AvgIpc) is 2.81. The van der Waals surface area contributed by atoms with Gasteiger partial charge in [0.1, 0.15) is 10.6 Å². The van der Waals surface area contributed by atoms with Crippen molar-refractivity contribution in [2.45, 2.75) is 13.8 Å². The first-order chi connectivity index (χ1) is 9.88. The summed E-state index contributed by atoms with van der Waals surface area (Å²) in [5.41, 5.74) is 6.19. The van der Waals surface area contributed by atoms with Crippen molar-refractivity contribution in [3.8, 4) is 5.75 Å². The number of nitrogen functional groups attached to an aromatic ring is 1. The van der Waals surface area contributed by atoms with E-state index in [-0.39, 0.29) is 17.9 Å². The Hall–Kier alpha value is -1.79. The molecule has 0 atom stereocenters. The molecule has 2 rings (SSSR count). The summed E-state index contributed by atoms with van der Waals surface area (Å²) in [5, 5.41) is 12.9. The highest BCUT2D eigenvalue weighted by Crippen LogP contribution is 2.35. The third kappa shape index (κ3) is 3.28.